The monoisotopic (exact) mass is 383 g/mol. The number of aromatic nitrogens is 1. The maximum Gasteiger partial charge on any atom is 0.317 e. The summed E-state index contributed by atoms with van der Waals surface area (Å²) in [6.07, 6.45) is 4.23. The van der Waals surface area contributed by atoms with Crippen LogP contribution in [0.25, 0.3) is 0 Å². The van der Waals surface area contributed by atoms with Gasteiger partial charge in [0, 0.05) is 6.42 Å². The number of thiophene rings is 1. The molecule has 7 heteroatoms. The summed E-state index contributed by atoms with van der Waals surface area (Å²) in [5.41, 5.74) is 0.455. The highest BCUT2D eigenvalue weighted by atomic mass is 32.1. The fourth-order valence-corrected chi connectivity index (χ4v) is 2.72. The second kappa shape index (κ2) is 13.1. The number of ether oxygens (including phenoxy) is 1. The van der Waals surface area contributed by atoms with Crippen molar-refractivity contribution in [2.24, 2.45) is 0 Å². The van der Waals surface area contributed by atoms with Crippen LogP contribution in [0.3, 0.4) is 0 Å². The Hall–Kier alpha value is -2.15. The van der Waals surface area contributed by atoms with Gasteiger partial charge in [0.25, 0.3) is 0 Å². The lowest BCUT2D eigenvalue weighted by molar-refractivity contribution is -0.145. The van der Waals surface area contributed by atoms with Gasteiger partial charge in [-0.25, -0.2) is 4.98 Å². The van der Waals surface area contributed by atoms with Gasteiger partial charge < -0.3 is 14.3 Å². The SMILES string of the molecule is CCC(CC)(C(=O)O)c1cnco1.CCOC(=O)CC.Cc1ccsc1. The number of esters is 1. The van der Waals surface area contributed by atoms with Crippen molar-refractivity contribution in [3.8, 4) is 0 Å². The lowest BCUT2D eigenvalue weighted by atomic mass is 9.80. The van der Waals surface area contributed by atoms with E-state index >= 15 is 0 Å². The number of aliphatic carboxylic acids is 1. The van der Waals surface area contributed by atoms with Gasteiger partial charge in [0.2, 0.25) is 0 Å². The maximum atomic E-state index is 11.1. The van der Waals surface area contributed by atoms with E-state index in [2.05, 4.69) is 33.5 Å². The Balaban J connectivity index is 0.000000404. The van der Waals surface area contributed by atoms with Gasteiger partial charge in [0.05, 0.1) is 12.8 Å². The molecule has 0 atom stereocenters. The maximum absolute atomic E-state index is 11.1. The third-order valence-electron chi connectivity index (χ3n) is 3.78. The van der Waals surface area contributed by atoms with Gasteiger partial charge in [0.1, 0.15) is 11.2 Å². The Morgan fingerprint density at radius 2 is 1.92 bits per heavy atom. The topological polar surface area (TPSA) is 89.6 Å². The summed E-state index contributed by atoms with van der Waals surface area (Å²) in [6, 6.07) is 2.10. The Kier molecular flexibility index (Phi) is 12.0. The average molecular weight is 384 g/mol. The van der Waals surface area contributed by atoms with E-state index in [1.165, 1.54) is 18.2 Å². The lowest BCUT2D eigenvalue weighted by Gasteiger charge is -2.23. The van der Waals surface area contributed by atoms with Crippen molar-refractivity contribution < 1.29 is 23.8 Å². The van der Waals surface area contributed by atoms with Crippen molar-refractivity contribution in [2.45, 2.75) is 59.3 Å². The fraction of sp³-hybridized carbons (Fsp3) is 0.526. The van der Waals surface area contributed by atoms with E-state index in [0.717, 1.165) is 0 Å². The third kappa shape index (κ3) is 7.82. The summed E-state index contributed by atoms with van der Waals surface area (Å²) in [5, 5.41) is 13.3. The van der Waals surface area contributed by atoms with Crippen molar-refractivity contribution in [1.82, 2.24) is 4.98 Å². The highest BCUT2D eigenvalue weighted by Gasteiger charge is 2.39. The van der Waals surface area contributed by atoms with Crippen LogP contribution in [0.15, 0.2) is 33.8 Å². The molecule has 0 spiro atoms. The summed E-state index contributed by atoms with van der Waals surface area (Å²) in [5.74, 6) is -0.540. The number of carboxylic acid groups (broad SMARTS) is 1. The van der Waals surface area contributed by atoms with E-state index in [9.17, 15) is 9.59 Å². The molecule has 26 heavy (non-hydrogen) atoms. The number of rotatable bonds is 6. The second-order valence-corrected chi connectivity index (χ2v) is 6.20. The average Bonchev–Trinajstić information content (AvgIpc) is 3.32. The van der Waals surface area contributed by atoms with Crippen molar-refractivity contribution in [1.29, 1.82) is 0 Å². The van der Waals surface area contributed by atoms with Crippen molar-refractivity contribution in [2.75, 3.05) is 6.61 Å². The van der Waals surface area contributed by atoms with Gasteiger partial charge in [-0.2, -0.15) is 11.3 Å². The van der Waals surface area contributed by atoms with Gasteiger partial charge >= 0.3 is 11.9 Å². The molecule has 0 aliphatic rings. The molecular weight excluding hydrogens is 354 g/mol. The minimum absolute atomic E-state index is 0.123. The summed E-state index contributed by atoms with van der Waals surface area (Å²) < 4.78 is 9.60. The van der Waals surface area contributed by atoms with E-state index in [0.29, 0.717) is 31.6 Å². The molecule has 0 aliphatic carbocycles. The Morgan fingerprint density at radius 1 is 1.27 bits per heavy atom. The lowest BCUT2D eigenvalue weighted by Crippen LogP contribution is -2.33. The van der Waals surface area contributed by atoms with Crippen LogP contribution < -0.4 is 0 Å². The number of oxazole rings is 1. The minimum Gasteiger partial charge on any atom is -0.480 e. The highest BCUT2D eigenvalue weighted by molar-refractivity contribution is 7.07. The van der Waals surface area contributed by atoms with Crippen molar-refractivity contribution in [3.05, 3.63) is 40.7 Å². The molecule has 6 nitrogen and oxygen atoms in total. The number of carbonyl (C=O) groups is 2. The smallest absolute Gasteiger partial charge is 0.317 e. The molecule has 0 saturated heterocycles. The minimum atomic E-state index is -0.906. The molecule has 0 fully saturated rings. The number of hydrogen-bond acceptors (Lipinski definition) is 6. The second-order valence-electron chi connectivity index (χ2n) is 5.42. The van der Waals surface area contributed by atoms with Crippen LogP contribution in [0.5, 0.6) is 0 Å². The van der Waals surface area contributed by atoms with Gasteiger partial charge in [-0.1, -0.05) is 20.8 Å². The van der Waals surface area contributed by atoms with Crippen molar-refractivity contribution >= 4 is 23.3 Å². The Labute approximate surface area is 159 Å². The fourth-order valence-electron chi connectivity index (χ4n) is 2.05. The van der Waals surface area contributed by atoms with Crippen LogP contribution in [0.1, 0.15) is 58.3 Å². The predicted molar refractivity (Wildman–Crippen MR) is 102 cm³/mol. The normalized spacial score (nSPS) is 10.0. The summed E-state index contributed by atoms with van der Waals surface area (Å²) in [4.78, 5) is 25.0. The molecule has 2 aromatic heterocycles. The summed E-state index contributed by atoms with van der Waals surface area (Å²) in [7, 11) is 0. The number of aryl methyl sites for hydroxylation is 1. The zero-order chi connectivity index (χ0) is 20.0. The summed E-state index contributed by atoms with van der Waals surface area (Å²) in [6.45, 7) is 9.83. The molecule has 2 rings (SSSR count). The van der Waals surface area contributed by atoms with Crippen LogP contribution in [-0.4, -0.2) is 28.6 Å². The van der Waals surface area contributed by atoms with Crippen LogP contribution in [0.4, 0.5) is 0 Å². The van der Waals surface area contributed by atoms with Gasteiger partial charge in [-0.3, -0.25) is 9.59 Å². The van der Waals surface area contributed by atoms with E-state index < -0.39 is 11.4 Å². The standard InChI is InChI=1S/C9H13NO3.C5H10O2.C5H6S/c1-3-9(4-2,8(11)12)7-5-10-6-13-7;1-3-5(6)7-4-2;1-5-2-3-6-4-5/h5-6H,3-4H2,1-2H3,(H,11,12);3-4H2,1-2H3;2-4H,1H3. The molecular formula is C19H29NO5S. The highest BCUT2D eigenvalue weighted by Crippen LogP contribution is 2.31. The third-order valence-corrected chi connectivity index (χ3v) is 4.58. The first-order chi connectivity index (χ1) is 12.4. The first-order valence-electron chi connectivity index (χ1n) is 8.64. The van der Waals surface area contributed by atoms with E-state index in [1.807, 2.05) is 13.8 Å². The van der Waals surface area contributed by atoms with E-state index in [4.69, 9.17) is 9.52 Å². The molecule has 0 unspecified atom stereocenters. The number of hydrogen-bond donors (Lipinski definition) is 1. The van der Waals surface area contributed by atoms with Crippen LogP contribution in [0.2, 0.25) is 0 Å². The quantitative estimate of drug-likeness (QED) is 0.718. The predicted octanol–water partition coefficient (Wildman–Crippen LogP) is 4.83. The van der Waals surface area contributed by atoms with Crippen LogP contribution in [0, 0.1) is 6.92 Å². The van der Waals surface area contributed by atoms with Crippen LogP contribution in [-0.2, 0) is 19.7 Å². The van der Waals surface area contributed by atoms with E-state index in [1.54, 1.807) is 25.2 Å². The molecule has 2 aromatic rings. The van der Waals surface area contributed by atoms with Crippen LogP contribution >= 0.6 is 11.3 Å². The molecule has 0 amide bonds. The Bertz CT molecular complexity index is 604. The molecule has 0 aliphatic heterocycles. The first-order valence-corrected chi connectivity index (χ1v) is 9.58. The van der Waals surface area contributed by atoms with Gasteiger partial charge in [0.15, 0.2) is 6.39 Å². The largest absolute Gasteiger partial charge is 0.480 e. The summed E-state index contributed by atoms with van der Waals surface area (Å²) >= 11 is 1.74. The van der Waals surface area contributed by atoms with Gasteiger partial charge in [-0.05, 0) is 49.1 Å². The Morgan fingerprint density at radius 3 is 2.15 bits per heavy atom. The molecule has 0 bridgehead atoms. The zero-order valence-electron chi connectivity index (χ0n) is 16.2. The molecule has 0 saturated carbocycles. The van der Waals surface area contributed by atoms with Crippen molar-refractivity contribution in [3.63, 3.8) is 0 Å². The number of nitrogens with zero attached hydrogens (tertiary/aromatic N) is 1. The molecule has 1 N–H and O–H groups in total. The first kappa shape index (κ1) is 23.9. The number of carbonyl (C=O) groups excluding carboxylic acids is 1. The van der Waals surface area contributed by atoms with Gasteiger partial charge in [-0.15, -0.1) is 0 Å². The number of carboxylic acids is 1. The van der Waals surface area contributed by atoms with E-state index in [-0.39, 0.29) is 5.97 Å². The molecule has 146 valence electrons. The zero-order valence-corrected chi connectivity index (χ0v) is 17.0. The molecule has 0 radical (unpaired) electrons. The molecule has 0 aromatic carbocycles. The molecule has 2 heterocycles.